The van der Waals surface area contributed by atoms with Crippen LogP contribution in [0.3, 0.4) is 0 Å². The number of rotatable bonds is 6. The zero-order valence-electron chi connectivity index (χ0n) is 16.6. The highest BCUT2D eigenvalue weighted by Crippen LogP contribution is 2.46. The van der Waals surface area contributed by atoms with Gasteiger partial charge < -0.3 is 10.5 Å². The first kappa shape index (κ1) is 20.5. The molecule has 3 aliphatic carbocycles. The lowest BCUT2D eigenvalue weighted by molar-refractivity contribution is -0.301. The largest absolute Gasteiger partial charge is 0.358 e. The predicted molar refractivity (Wildman–Crippen MR) is 102 cm³/mol. The summed E-state index contributed by atoms with van der Waals surface area (Å²) < 4.78 is 34.6. The minimum Gasteiger partial charge on any atom is -0.328 e. The van der Waals surface area contributed by atoms with Gasteiger partial charge in [0.2, 0.25) is 0 Å². The predicted octanol–water partition coefficient (Wildman–Crippen LogP) is 6.28. The number of alkyl halides is 2. The Bertz CT molecular complexity index is 406. The third-order valence-corrected chi connectivity index (χ3v) is 7.54. The van der Waals surface area contributed by atoms with Crippen LogP contribution in [0.5, 0.6) is 0 Å². The van der Waals surface area contributed by atoms with Gasteiger partial charge >= 0.3 is 6.11 Å². The second-order valence-corrected chi connectivity index (χ2v) is 9.40. The second-order valence-electron chi connectivity index (χ2n) is 9.40. The van der Waals surface area contributed by atoms with Gasteiger partial charge in [-0.1, -0.05) is 32.6 Å². The van der Waals surface area contributed by atoms with Gasteiger partial charge in [0.25, 0.3) is 0 Å². The molecule has 0 radical (unpaired) electrons. The van der Waals surface area contributed by atoms with Gasteiger partial charge in [-0.05, 0) is 82.0 Å². The molecule has 0 aromatic rings. The molecule has 2 nitrogen and oxygen atoms in total. The number of hydrogen-bond donors (Lipinski definition) is 1. The Kier molecular flexibility index (Phi) is 7.35. The lowest BCUT2D eigenvalue weighted by Crippen LogP contribution is -2.41. The van der Waals surface area contributed by atoms with E-state index >= 15 is 0 Å². The highest BCUT2D eigenvalue weighted by molar-refractivity contribution is 4.85. The molecule has 0 unspecified atom stereocenters. The number of nitrogens with two attached hydrogens (primary N) is 1. The molecule has 0 saturated heterocycles. The fourth-order valence-corrected chi connectivity index (χ4v) is 5.81. The molecule has 0 spiro atoms. The van der Waals surface area contributed by atoms with Gasteiger partial charge in [0.05, 0.1) is 12.0 Å². The molecule has 3 aliphatic rings. The van der Waals surface area contributed by atoms with E-state index in [1.807, 2.05) is 0 Å². The molecule has 3 rings (SSSR count). The van der Waals surface area contributed by atoms with Crippen molar-refractivity contribution >= 4 is 0 Å². The number of hydrogen-bond acceptors (Lipinski definition) is 2. The van der Waals surface area contributed by atoms with E-state index in [1.165, 1.54) is 38.5 Å². The van der Waals surface area contributed by atoms with Crippen LogP contribution >= 0.6 is 0 Å². The van der Waals surface area contributed by atoms with Crippen LogP contribution in [-0.2, 0) is 4.74 Å². The minimum atomic E-state index is -2.95. The van der Waals surface area contributed by atoms with Crippen molar-refractivity contribution in [3.63, 3.8) is 0 Å². The van der Waals surface area contributed by atoms with E-state index in [1.54, 1.807) is 0 Å². The molecule has 0 atom stereocenters. The van der Waals surface area contributed by atoms with Crippen LogP contribution in [0, 0.1) is 23.7 Å². The van der Waals surface area contributed by atoms with Crippen LogP contribution in [0.2, 0.25) is 0 Å². The number of halogens is 2. The fourth-order valence-electron chi connectivity index (χ4n) is 5.81. The lowest BCUT2D eigenvalue weighted by Gasteiger charge is -2.40. The molecular weight excluding hydrogens is 332 g/mol. The Balaban J connectivity index is 1.41. The maximum atomic E-state index is 14.6. The van der Waals surface area contributed by atoms with Gasteiger partial charge in [-0.25, -0.2) is 0 Å². The summed E-state index contributed by atoms with van der Waals surface area (Å²) in [5.74, 6) is 1.82. The van der Waals surface area contributed by atoms with E-state index in [0.717, 1.165) is 37.5 Å². The maximum Gasteiger partial charge on any atom is 0.358 e. The third-order valence-electron chi connectivity index (χ3n) is 7.54. The standard InChI is InChI=1S/C22H39F2NO/c1-2-3-16-4-6-17(7-5-16)18-8-10-19(11-9-18)22(23,24)26-21-14-12-20(25)13-15-21/h16-21H,2-15,25H2,1H3. The normalized spacial score (nSPS) is 39.7. The van der Waals surface area contributed by atoms with Crippen molar-refractivity contribution in [2.24, 2.45) is 29.4 Å². The monoisotopic (exact) mass is 371 g/mol. The van der Waals surface area contributed by atoms with Gasteiger partial charge in [-0.15, -0.1) is 0 Å². The summed E-state index contributed by atoms with van der Waals surface area (Å²) in [6, 6.07) is 0.173. The van der Waals surface area contributed by atoms with Crippen molar-refractivity contribution < 1.29 is 13.5 Å². The quantitative estimate of drug-likeness (QED) is 0.596. The summed E-state index contributed by atoms with van der Waals surface area (Å²) in [6.07, 6.45) is 11.0. The second kappa shape index (κ2) is 9.32. The van der Waals surface area contributed by atoms with Gasteiger partial charge in [0.1, 0.15) is 0 Å². The third kappa shape index (κ3) is 5.41. The molecule has 0 aromatic heterocycles. The van der Waals surface area contributed by atoms with Crippen LogP contribution < -0.4 is 5.73 Å². The van der Waals surface area contributed by atoms with E-state index in [-0.39, 0.29) is 12.1 Å². The Morgan fingerprint density at radius 1 is 0.808 bits per heavy atom. The maximum absolute atomic E-state index is 14.6. The van der Waals surface area contributed by atoms with E-state index in [0.29, 0.717) is 31.6 Å². The van der Waals surface area contributed by atoms with E-state index in [4.69, 9.17) is 10.5 Å². The first-order valence-corrected chi connectivity index (χ1v) is 11.3. The van der Waals surface area contributed by atoms with E-state index < -0.39 is 12.0 Å². The van der Waals surface area contributed by atoms with Gasteiger partial charge in [-0.3, -0.25) is 0 Å². The van der Waals surface area contributed by atoms with Crippen molar-refractivity contribution in [2.75, 3.05) is 0 Å². The lowest BCUT2D eigenvalue weighted by atomic mass is 9.68. The molecule has 0 amide bonds. The van der Waals surface area contributed by atoms with Crippen LogP contribution in [0.4, 0.5) is 8.78 Å². The van der Waals surface area contributed by atoms with Gasteiger partial charge in [0, 0.05) is 6.04 Å². The first-order valence-electron chi connectivity index (χ1n) is 11.3. The minimum absolute atomic E-state index is 0.173. The van der Waals surface area contributed by atoms with Gasteiger partial charge in [-0.2, -0.15) is 8.78 Å². The molecule has 4 heteroatoms. The Labute approximate surface area is 158 Å². The van der Waals surface area contributed by atoms with Gasteiger partial charge in [0.15, 0.2) is 0 Å². The molecule has 0 heterocycles. The first-order chi connectivity index (χ1) is 12.5. The summed E-state index contributed by atoms with van der Waals surface area (Å²) in [4.78, 5) is 0. The molecule has 0 aromatic carbocycles. The fraction of sp³-hybridized carbons (Fsp3) is 1.00. The average Bonchev–Trinajstić information content (AvgIpc) is 2.65. The zero-order valence-corrected chi connectivity index (χ0v) is 16.6. The molecule has 152 valence electrons. The number of ether oxygens (including phenoxy) is 1. The Morgan fingerprint density at radius 2 is 1.35 bits per heavy atom. The molecule has 2 N–H and O–H groups in total. The summed E-state index contributed by atoms with van der Waals surface area (Å²) >= 11 is 0. The van der Waals surface area contributed by atoms with E-state index in [9.17, 15) is 8.78 Å². The van der Waals surface area contributed by atoms with Crippen LogP contribution in [0.1, 0.15) is 96.8 Å². The summed E-state index contributed by atoms with van der Waals surface area (Å²) in [5.41, 5.74) is 5.87. The average molecular weight is 372 g/mol. The smallest absolute Gasteiger partial charge is 0.328 e. The topological polar surface area (TPSA) is 35.2 Å². The Hall–Kier alpha value is -0.220. The van der Waals surface area contributed by atoms with Crippen LogP contribution in [0.25, 0.3) is 0 Å². The summed E-state index contributed by atoms with van der Waals surface area (Å²) in [6.45, 7) is 2.28. The van der Waals surface area contributed by atoms with Crippen molar-refractivity contribution in [2.45, 2.75) is 115 Å². The summed E-state index contributed by atoms with van der Waals surface area (Å²) in [7, 11) is 0. The molecule has 0 aliphatic heterocycles. The zero-order chi connectivity index (χ0) is 18.6. The molecule has 26 heavy (non-hydrogen) atoms. The summed E-state index contributed by atoms with van der Waals surface area (Å²) in [5, 5.41) is 0. The van der Waals surface area contributed by atoms with Crippen LogP contribution in [0.15, 0.2) is 0 Å². The molecular formula is C22H39F2NO. The molecule has 3 saturated carbocycles. The molecule has 3 fully saturated rings. The van der Waals surface area contributed by atoms with Crippen LogP contribution in [-0.4, -0.2) is 18.3 Å². The highest BCUT2D eigenvalue weighted by atomic mass is 19.3. The van der Waals surface area contributed by atoms with Crippen molar-refractivity contribution in [1.82, 2.24) is 0 Å². The van der Waals surface area contributed by atoms with E-state index in [2.05, 4.69) is 6.92 Å². The van der Waals surface area contributed by atoms with Crippen molar-refractivity contribution in [1.29, 1.82) is 0 Å². The van der Waals surface area contributed by atoms with Crippen molar-refractivity contribution in [3.05, 3.63) is 0 Å². The highest BCUT2D eigenvalue weighted by Gasteiger charge is 2.45. The van der Waals surface area contributed by atoms with Crippen molar-refractivity contribution in [3.8, 4) is 0 Å². The SMILES string of the molecule is CCCC1CCC(C2CCC(C(F)(F)OC3CCC(N)CC3)CC2)CC1. The Morgan fingerprint density at radius 3 is 1.88 bits per heavy atom. The molecule has 0 bridgehead atoms.